The molecule has 0 heterocycles. The largest absolute Gasteiger partial charge is 0.398 e. The van der Waals surface area contributed by atoms with E-state index in [9.17, 15) is 8.42 Å². The van der Waals surface area contributed by atoms with Crippen LogP contribution in [0.15, 0.2) is 21.5 Å². The SMILES string of the molecule is Cc1cc(Br)c(N)cc1S(=O)(=O)NC1CCCCC1(C)C. The van der Waals surface area contributed by atoms with E-state index in [4.69, 9.17) is 5.73 Å². The molecule has 0 amide bonds. The molecule has 1 aromatic rings. The first-order valence-electron chi connectivity index (χ1n) is 7.21. The van der Waals surface area contributed by atoms with E-state index in [1.165, 1.54) is 6.07 Å². The van der Waals surface area contributed by atoms with Gasteiger partial charge in [0, 0.05) is 16.2 Å². The quantitative estimate of drug-likeness (QED) is 0.793. The van der Waals surface area contributed by atoms with Crippen LogP contribution in [0.1, 0.15) is 45.1 Å². The molecule has 0 aromatic heterocycles. The minimum Gasteiger partial charge on any atom is -0.398 e. The van der Waals surface area contributed by atoms with Gasteiger partial charge in [-0.1, -0.05) is 26.7 Å². The molecule has 1 atom stereocenters. The van der Waals surface area contributed by atoms with Crippen LogP contribution < -0.4 is 10.5 Å². The number of nitrogens with two attached hydrogens (primary N) is 1. The monoisotopic (exact) mass is 374 g/mol. The van der Waals surface area contributed by atoms with Gasteiger partial charge in [0.1, 0.15) is 0 Å². The average Bonchev–Trinajstić information content (AvgIpc) is 2.36. The molecule has 0 spiro atoms. The van der Waals surface area contributed by atoms with Gasteiger partial charge in [-0.05, 0) is 58.8 Å². The maximum absolute atomic E-state index is 12.7. The van der Waals surface area contributed by atoms with Crippen molar-refractivity contribution in [2.24, 2.45) is 5.41 Å². The van der Waals surface area contributed by atoms with Gasteiger partial charge < -0.3 is 5.73 Å². The lowest BCUT2D eigenvalue weighted by molar-refractivity contribution is 0.188. The van der Waals surface area contributed by atoms with Crippen LogP contribution in [-0.4, -0.2) is 14.5 Å². The summed E-state index contributed by atoms with van der Waals surface area (Å²) in [5.74, 6) is 0. The van der Waals surface area contributed by atoms with Crippen LogP contribution in [-0.2, 0) is 10.0 Å². The molecule has 0 aliphatic heterocycles. The molecule has 21 heavy (non-hydrogen) atoms. The highest BCUT2D eigenvalue weighted by Gasteiger charge is 2.35. The number of hydrogen-bond acceptors (Lipinski definition) is 3. The normalized spacial score (nSPS) is 22.2. The third-order valence-corrected chi connectivity index (χ3v) is 6.69. The van der Waals surface area contributed by atoms with Crippen molar-refractivity contribution in [2.45, 2.75) is 57.4 Å². The fraction of sp³-hybridized carbons (Fsp3) is 0.600. The Balaban J connectivity index is 2.32. The molecule has 2 rings (SSSR count). The summed E-state index contributed by atoms with van der Waals surface area (Å²) in [6.45, 7) is 6.04. The van der Waals surface area contributed by atoms with E-state index in [-0.39, 0.29) is 16.4 Å². The standard InChI is InChI=1S/C15H23BrN2O2S/c1-10-8-11(16)12(17)9-13(10)21(19,20)18-14-6-4-5-7-15(14,2)3/h8-9,14,18H,4-7,17H2,1-3H3. The smallest absolute Gasteiger partial charge is 0.241 e. The van der Waals surface area contributed by atoms with Gasteiger partial charge >= 0.3 is 0 Å². The highest BCUT2D eigenvalue weighted by atomic mass is 79.9. The fourth-order valence-electron chi connectivity index (χ4n) is 2.92. The van der Waals surface area contributed by atoms with E-state index in [0.29, 0.717) is 11.3 Å². The van der Waals surface area contributed by atoms with Gasteiger partial charge in [0.15, 0.2) is 0 Å². The second-order valence-corrected chi connectivity index (χ2v) is 9.08. The molecule has 1 aliphatic rings. The molecule has 0 saturated heterocycles. The van der Waals surface area contributed by atoms with Crippen LogP contribution in [0.25, 0.3) is 0 Å². The van der Waals surface area contributed by atoms with Crippen molar-refractivity contribution >= 4 is 31.6 Å². The lowest BCUT2D eigenvalue weighted by Gasteiger charge is -2.38. The first kappa shape index (κ1) is 16.8. The fourth-order valence-corrected chi connectivity index (χ4v) is 5.08. The molecule has 4 nitrogen and oxygen atoms in total. The highest BCUT2D eigenvalue weighted by molar-refractivity contribution is 9.10. The Morgan fingerprint density at radius 2 is 2.00 bits per heavy atom. The Hall–Kier alpha value is -0.590. The Labute approximate surface area is 135 Å². The lowest BCUT2D eigenvalue weighted by Crippen LogP contribution is -2.46. The van der Waals surface area contributed by atoms with Crippen LogP contribution in [0.2, 0.25) is 0 Å². The van der Waals surface area contributed by atoms with E-state index >= 15 is 0 Å². The molecule has 1 aliphatic carbocycles. The van der Waals surface area contributed by atoms with Gasteiger partial charge in [0.2, 0.25) is 10.0 Å². The van der Waals surface area contributed by atoms with E-state index in [2.05, 4.69) is 34.5 Å². The van der Waals surface area contributed by atoms with Gasteiger partial charge in [-0.15, -0.1) is 0 Å². The second kappa shape index (κ2) is 5.89. The third-order valence-electron chi connectivity index (χ3n) is 4.39. The summed E-state index contributed by atoms with van der Waals surface area (Å²) in [5.41, 5.74) is 6.95. The number of rotatable bonds is 3. The molecule has 0 radical (unpaired) electrons. The molecular weight excluding hydrogens is 352 g/mol. The minimum absolute atomic E-state index is 0.0138. The van der Waals surface area contributed by atoms with Crippen molar-refractivity contribution in [3.8, 4) is 0 Å². The predicted molar refractivity (Wildman–Crippen MR) is 89.6 cm³/mol. The molecular formula is C15H23BrN2O2S. The van der Waals surface area contributed by atoms with Crippen molar-refractivity contribution < 1.29 is 8.42 Å². The Bertz CT molecular complexity index is 641. The molecule has 3 N–H and O–H groups in total. The molecule has 6 heteroatoms. The van der Waals surface area contributed by atoms with Crippen molar-refractivity contribution in [2.75, 3.05) is 5.73 Å². The third kappa shape index (κ3) is 3.60. The second-order valence-electron chi connectivity index (χ2n) is 6.55. The van der Waals surface area contributed by atoms with E-state index in [1.54, 1.807) is 13.0 Å². The first-order valence-corrected chi connectivity index (χ1v) is 9.49. The number of halogens is 1. The number of benzene rings is 1. The zero-order chi connectivity index (χ0) is 15.8. The summed E-state index contributed by atoms with van der Waals surface area (Å²) in [5, 5.41) is 0. The van der Waals surface area contributed by atoms with E-state index in [1.807, 2.05) is 0 Å². The summed E-state index contributed by atoms with van der Waals surface area (Å²) < 4.78 is 29.0. The Kier molecular flexibility index (Phi) is 4.71. The molecule has 1 fully saturated rings. The van der Waals surface area contributed by atoms with Crippen LogP contribution in [0, 0.1) is 12.3 Å². The summed E-state index contributed by atoms with van der Waals surface area (Å²) in [7, 11) is -3.55. The van der Waals surface area contributed by atoms with Crippen molar-refractivity contribution in [1.82, 2.24) is 4.72 Å². The van der Waals surface area contributed by atoms with Crippen LogP contribution in [0.4, 0.5) is 5.69 Å². The molecule has 0 bridgehead atoms. The molecule has 118 valence electrons. The minimum atomic E-state index is -3.55. The zero-order valence-electron chi connectivity index (χ0n) is 12.7. The van der Waals surface area contributed by atoms with E-state index < -0.39 is 10.0 Å². The summed E-state index contributed by atoms with van der Waals surface area (Å²) >= 11 is 3.32. The Morgan fingerprint density at radius 3 is 2.62 bits per heavy atom. The number of aryl methyl sites for hydroxylation is 1. The van der Waals surface area contributed by atoms with Gasteiger partial charge in [0.25, 0.3) is 0 Å². The molecule has 1 unspecified atom stereocenters. The maximum Gasteiger partial charge on any atom is 0.241 e. The predicted octanol–water partition coefficient (Wildman–Crippen LogP) is 3.59. The number of nitrogen functional groups attached to an aromatic ring is 1. The van der Waals surface area contributed by atoms with Crippen molar-refractivity contribution in [3.05, 3.63) is 22.2 Å². The number of sulfonamides is 1. The first-order chi connectivity index (χ1) is 9.63. The molecule has 1 aromatic carbocycles. The van der Waals surface area contributed by atoms with Crippen LogP contribution in [0.5, 0.6) is 0 Å². The highest BCUT2D eigenvalue weighted by Crippen LogP contribution is 2.36. The summed E-state index contributed by atoms with van der Waals surface area (Å²) in [4.78, 5) is 0.268. The average molecular weight is 375 g/mol. The van der Waals surface area contributed by atoms with Crippen LogP contribution >= 0.6 is 15.9 Å². The number of anilines is 1. The van der Waals surface area contributed by atoms with Gasteiger partial charge in [-0.25, -0.2) is 13.1 Å². The van der Waals surface area contributed by atoms with Gasteiger partial charge in [0.05, 0.1) is 4.90 Å². The number of hydrogen-bond donors (Lipinski definition) is 2. The van der Waals surface area contributed by atoms with Crippen molar-refractivity contribution in [3.63, 3.8) is 0 Å². The van der Waals surface area contributed by atoms with Gasteiger partial charge in [-0.2, -0.15) is 0 Å². The summed E-state index contributed by atoms with van der Waals surface area (Å²) in [6, 6.07) is 3.24. The molecule has 1 saturated carbocycles. The number of nitrogens with one attached hydrogen (secondary N) is 1. The summed E-state index contributed by atoms with van der Waals surface area (Å²) in [6.07, 6.45) is 4.16. The Morgan fingerprint density at radius 1 is 1.33 bits per heavy atom. The lowest BCUT2D eigenvalue weighted by atomic mass is 9.74. The topological polar surface area (TPSA) is 72.2 Å². The van der Waals surface area contributed by atoms with Crippen LogP contribution in [0.3, 0.4) is 0 Å². The zero-order valence-corrected chi connectivity index (χ0v) is 15.1. The maximum atomic E-state index is 12.7. The van der Waals surface area contributed by atoms with Crippen molar-refractivity contribution in [1.29, 1.82) is 0 Å². The van der Waals surface area contributed by atoms with E-state index in [0.717, 1.165) is 30.2 Å². The van der Waals surface area contributed by atoms with Gasteiger partial charge in [-0.3, -0.25) is 0 Å².